The van der Waals surface area contributed by atoms with Crippen molar-refractivity contribution in [1.82, 2.24) is 25.1 Å². The van der Waals surface area contributed by atoms with E-state index in [-0.39, 0.29) is 0 Å². The van der Waals surface area contributed by atoms with Gasteiger partial charge in [-0.05, 0) is 19.1 Å². The topological polar surface area (TPSA) is 102 Å². The third-order valence-corrected chi connectivity index (χ3v) is 3.23. The molecule has 0 radical (unpaired) electrons. The van der Waals surface area contributed by atoms with E-state index in [4.69, 9.17) is 5.73 Å². The maximum absolute atomic E-state index is 5.54. The molecule has 3 N–H and O–H groups in total. The lowest BCUT2D eigenvalue weighted by Crippen LogP contribution is -2.04. The average Bonchev–Trinajstić information content (AvgIpc) is 2.81. The SMILES string of the molecule is Cc1nc(NCc2nnc(N)s2)c2cccnc2n1. The van der Waals surface area contributed by atoms with Crippen LogP contribution in [0.2, 0.25) is 0 Å². The summed E-state index contributed by atoms with van der Waals surface area (Å²) in [5, 5.41) is 13.1. The summed E-state index contributed by atoms with van der Waals surface area (Å²) in [6, 6.07) is 3.79. The van der Waals surface area contributed by atoms with E-state index in [1.54, 1.807) is 6.20 Å². The van der Waals surface area contributed by atoms with E-state index in [9.17, 15) is 0 Å². The van der Waals surface area contributed by atoms with Gasteiger partial charge in [0.25, 0.3) is 0 Å². The van der Waals surface area contributed by atoms with E-state index >= 15 is 0 Å². The van der Waals surface area contributed by atoms with Crippen LogP contribution in [0.4, 0.5) is 10.9 Å². The fraction of sp³-hybridized carbons (Fsp3) is 0.182. The number of nitrogens with zero attached hydrogens (tertiary/aromatic N) is 5. The van der Waals surface area contributed by atoms with Crippen molar-refractivity contribution in [3.8, 4) is 0 Å². The lowest BCUT2D eigenvalue weighted by molar-refractivity contribution is 0.979. The summed E-state index contributed by atoms with van der Waals surface area (Å²) in [5.41, 5.74) is 6.22. The Morgan fingerprint density at radius 3 is 3.00 bits per heavy atom. The molecule has 0 saturated carbocycles. The molecule has 8 heteroatoms. The molecule has 3 aromatic heterocycles. The first-order valence-electron chi connectivity index (χ1n) is 5.63. The molecule has 0 fully saturated rings. The van der Waals surface area contributed by atoms with Gasteiger partial charge in [-0.3, -0.25) is 0 Å². The number of aryl methyl sites for hydroxylation is 1. The van der Waals surface area contributed by atoms with E-state index in [0.29, 0.717) is 23.1 Å². The summed E-state index contributed by atoms with van der Waals surface area (Å²) in [5.74, 6) is 1.41. The highest BCUT2D eigenvalue weighted by Crippen LogP contribution is 2.19. The predicted molar refractivity (Wildman–Crippen MR) is 73.7 cm³/mol. The summed E-state index contributed by atoms with van der Waals surface area (Å²) in [6.07, 6.45) is 1.71. The highest BCUT2D eigenvalue weighted by molar-refractivity contribution is 7.15. The van der Waals surface area contributed by atoms with Crippen LogP contribution in [0.1, 0.15) is 10.8 Å². The first-order valence-corrected chi connectivity index (χ1v) is 6.45. The largest absolute Gasteiger partial charge is 0.374 e. The molecule has 0 aliphatic carbocycles. The summed E-state index contributed by atoms with van der Waals surface area (Å²) in [6.45, 7) is 2.36. The van der Waals surface area contributed by atoms with E-state index in [2.05, 4.69) is 30.5 Å². The maximum Gasteiger partial charge on any atom is 0.203 e. The van der Waals surface area contributed by atoms with Crippen LogP contribution < -0.4 is 11.1 Å². The van der Waals surface area contributed by atoms with Crippen LogP contribution in [0.15, 0.2) is 18.3 Å². The number of hydrogen-bond donors (Lipinski definition) is 2. The number of nitrogens with two attached hydrogens (primary N) is 1. The molecule has 0 aliphatic rings. The summed E-state index contributed by atoms with van der Waals surface area (Å²) in [7, 11) is 0. The predicted octanol–water partition coefficient (Wildman–Crippen LogP) is 1.38. The summed E-state index contributed by atoms with van der Waals surface area (Å²) in [4.78, 5) is 12.9. The molecule has 0 bridgehead atoms. The third kappa shape index (κ3) is 2.43. The van der Waals surface area contributed by atoms with Gasteiger partial charge in [-0.25, -0.2) is 15.0 Å². The van der Waals surface area contributed by atoms with Crippen molar-refractivity contribution in [3.05, 3.63) is 29.2 Å². The van der Waals surface area contributed by atoms with Gasteiger partial charge in [0.05, 0.1) is 11.9 Å². The van der Waals surface area contributed by atoms with Crippen molar-refractivity contribution in [2.45, 2.75) is 13.5 Å². The quantitative estimate of drug-likeness (QED) is 0.743. The van der Waals surface area contributed by atoms with Crippen LogP contribution in [0.25, 0.3) is 11.0 Å². The van der Waals surface area contributed by atoms with Gasteiger partial charge < -0.3 is 11.1 Å². The minimum Gasteiger partial charge on any atom is -0.374 e. The number of hydrogen-bond acceptors (Lipinski definition) is 8. The molecule has 0 unspecified atom stereocenters. The molecule has 0 saturated heterocycles. The fourth-order valence-electron chi connectivity index (χ4n) is 1.70. The summed E-state index contributed by atoms with van der Waals surface area (Å²) >= 11 is 1.35. The van der Waals surface area contributed by atoms with Gasteiger partial charge in [-0.2, -0.15) is 0 Å². The van der Waals surface area contributed by atoms with Gasteiger partial charge in [-0.1, -0.05) is 11.3 Å². The Morgan fingerprint density at radius 2 is 2.21 bits per heavy atom. The molecular weight excluding hydrogens is 262 g/mol. The van der Waals surface area contributed by atoms with Gasteiger partial charge in [0, 0.05) is 6.20 Å². The second kappa shape index (κ2) is 4.73. The van der Waals surface area contributed by atoms with Gasteiger partial charge in [0.2, 0.25) is 5.13 Å². The maximum atomic E-state index is 5.54. The molecule has 96 valence electrons. The van der Waals surface area contributed by atoms with E-state index < -0.39 is 0 Å². The zero-order chi connectivity index (χ0) is 13.2. The van der Waals surface area contributed by atoms with Crippen LogP contribution >= 0.6 is 11.3 Å². The van der Waals surface area contributed by atoms with Gasteiger partial charge >= 0.3 is 0 Å². The molecule has 0 atom stereocenters. The van der Waals surface area contributed by atoms with E-state index in [0.717, 1.165) is 16.2 Å². The van der Waals surface area contributed by atoms with Crippen molar-refractivity contribution in [2.75, 3.05) is 11.1 Å². The molecule has 7 nitrogen and oxygen atoms in total. The van der Waals surface area contributed by atoms with Crippen molar-refractivity contribution >= 4 is 33.3 Å². The number of aromatic nitrogens is 5. The Hall–Kier alpha value is -2.35. The molecule has 3 heterocycles. The molecule has 0 aromatic carbocycles. The second-order valence-electron chi connectivity index (χ2n) is 3.88. The van der Waals surface area contributed by atoms with Crippen LogP contribution in [0.5, 0.6) is 0 Å². The monoisotopic (exact) mass is 273 g/mol. The Labute approximate surface area is 112 Å². The standard InChI is InChI=1S/C11H11N7S/c1-6-15-9-7(3-2-4-13-9)10(16-6)14-5-8-17-18-11(12)19-8/h2-4H,5H2,1H3,(H2,12,18)(H,13,14,15,16). The highest BCUT2D eigenvalue weighted by Gasteiger charge is 2.07. The molecule has 3 aromatic rings. The number of fused-ring (bicyclic) bond motifs is 1. The molecule has 3 rings (SSSR count). The third-order valence-electron chi connectivity index (χ3n) is 2.47. The molecule has 0 spiro atoms. The zero-order valence-electron chi connectivity index (χ0n) is 10.2. The van der Waals surface area contributed by atoms with E-state index in [1.807, 2.05) is 19.1 Å². The van der Waals surface area contributed by atoms with Crippen molar-refractivity contribution in [2.24, 2.45) is 0 Å². The smallest absolute Gasteiger partial charge is 0.203 e. The molecule has 0 amide bonds. The number of nitrogen functional groups attached to an aromatic ring is 1. The minimum atomic E-state index is 0.460. The van der Waals surface area contributed by atoms with Crippen molar-refractivity contribution < 1.29 is 0 Å². The first-order chi connectivity index (χ1) is 9.22. The van der Waals surface area contributed by atoms with Crippen LogP contribution in [0, 0.1) is 6.92 Å². The number of anilines is 2. The highest BCUT2D eigenvalue weighted by atomic mass is 32.1. The molecular formula is C11H11N7S. The van der Waals surface area contributed by atoms with Gasteiger partial charge in [0.1, 0.15) is 16.6 Å². The van der Waals surface area contributed by atoms with Gasteiger partial charge in [-0.15, -0.1) is 10.2 Å². The number of nitrogens with one attached hydrogen (secondary N) is 1. The minimum absolute atomic E-state index is 0.460. The average molecular weight is 273 g/mol. The number of pyridine rings is 1. The fourth-order valence-corrected chi connectivity index (χ4v) is 2.25. The molecule has 0 aliphatic heterocycles. The van der Waals surface area contributed by atoms with Gasteiger partial charge in [0.15, 0.2) is 5.65 Å². The van der Waals surface area contributed by atoms with Crippen molar-refractivity contribution in [1.29, 1.82) is 0 Å². The van der Waals surface area contributed by atoms with E-state index in [1.165, 1.54) is 11.3 Å². The van der Waals surface area contributed by atoms with Crippen molar-refractivity contribution in [3.63, 3.8) is 0 Å². The van der Waals surface area contributed by atoms with Crippen LogP contribution in [-0.2, 0) is 6.54 Å². The Morgan fingerprint density at radius 1 is 1.32 bits per heavy atom. The lowest BCUT2D eigenvalue weighted by Gasteiger charge is -2.07. The zero-order valence-corrected chi connectivity index (χ0v) is 11.0. The Kier molecular flexibility index (Phi) is 2.92. The first kappa shape index (κ1) is 11.7. The Bertz CT molecular complexity index is 724. The summed E-state index contributed by atoms with van der Waals surface area (Å²) < 4.78 is 0. The second-order valence-corrected chi connectivity index (χ2v) is 4.98. The lowest BCUT2D eigenvalue weighted by atomic mass is 10.3. The van der Waals surface area contributed by atoms with Crippen LogP contribution in [-0.4, -0.2) is 25.1 Å². The number of rotatable bonds is 3. The van der Waals surface area contributed by atoms with Crippen LogP contribution in [0.3, 0.4) is 0 Å². The molecule has 19 heavy (non-hydrogen) atoms. The Balaban J connectivity index is 1.91. The normalized spacial score (nSPS) is 10.8.